The third-order valence-electron chi connectivity index (χ3n) is 4.23. The average Bonchev–Trinajstić information content (AvgIpc) is 3.11. The number of nitrogens with zero attached hydrogens (tertiary/aromatic N) is 1. The Morgan fingerprint density at radius 3 is 2.52 bits per heavy atom. The van der Waals surface area contributed by atoms with E-state index in [2.05, 4.69) is 15.9 Å². The van der Waals surface area contributed by atoms with Gasteiger partial charge < -0.3 is 14.4 Å². The van der Waals surface area contributed by atoms with Crippen molar-refractivity contribution < 1.29 is 19.1 Å². The fraction of sp³-hybridized carbons (Fsp3) is 0.294. The van der Waals surface area contributed by atoms with Crippen LogP contribution in [0.1, 0.15) is 27.6 Å². The molecule has 1 aliphatic heterocycles. The van der Waals surface area contributed by atoms with E-state index in [1.54, 1.807) is 17.9 Å². The van der Waals surface area contributed by atoms with Crippen molar-refractivity contribution in [3.05, 3.63) is 58.0 Å². The monoisotopic (exact) mass is 377 g/mol. The fourth-order valence-electron chi connectivity index (χ4n) is 3.06. The normalized spacial score (nSPS) is 20.7. The molecule has 1 aromatic carbocycles. The second-order valence-corrected chi connectivity index (χ2v) is 6.52. The molecule has 23 heavy (non-hydrogen) atoms. The second-order valence-electron chi connectivity index (χ2n) is 5.73. The van der Waals surface area contributed by atoms with Crippen molar-refractivity contribution >= 4 is 27.8 Å². The lowest BCUT2D eigenvalue weighted by molar-refractivity contribution is -0.141. The molecule has 3 rings (SSSR count). The molecule has 0 radical (unpaired) electrons. The number of carbonyl (C=O) groups excluding carboxylic acids is 1. The van der Waals surface area contributed by atoms with Crippen LogP contribution in [0.3, 0.4) is 0 Å². The van der Waals surface area contributed by atoms with Gasteiger partial charge in [-0.1, -0.05) is 30.3 Å². The molecular weight excluding hydrogens is 362 g/mol. The molecule has 6 heteroatoms. The van der Waals surface area contributed by atoms with E-state index < -0.39 is 11.9 Å². The third-order valence-corrected chi connectivity index (χ3v) is 4.62. The summed E-state index contributed by atoms with van der Waals surface area (Å²) in [6, 6.07) is 11.2. The lowest BCUT2D eigenvalue weighted by Crippen LogP contribution is -2.30. The van der Waals surface area contributed by atoms with E-state index in [1.165, 1.54) is 0 Å². The van der Waals surface area contributed by atoms with Crippen LogP contribution in [0.4, 0.5) is 0 Å². The minimum absolute atomic E-state index is 0.186. The molecule has 1 fully saturated rings. The molecule has 1 aromatic heterocycles. The number of halogens is 1. The van der Waals surface area contributed by atoms with Gasteiger partial charge in [-0.15, -0.1) is 0 Å². The van der Waals surface area contributed by atoms with Crippen molar-refractivity contribution in [1.82, 2.24) is 4.90 Å². The third kappa shape index (κ3) is 3.03. The zero-order chi connectivity index (χ0) is 16.6. The maximum absolute atomic E-state index is 12.6. The zero-order valence-electron chi connectivity index (χ0n) is 12.5. The molecule has 1 saturated heterocycles. The molecule has 1 N–H and O–H groups in total. The summed E-state index contributed by atoms with van der Waals surface area (Å²) >= 11 is 3.21. The van der Waals surface area contributed by atoms with Crippen molar-refractivity contribution in [2.75, 3.05) is 13.1 Å². The van der Waals surface area contributed by atoms with Gasteiger partial charge in [0.1, 0.15) is 0 Å². The summed E-state index contributed by atoms with van der Waals surface area (Å²) in [5.41, 5.74) is 1.67. The van der Waals surface area contributed by atoms with Crippen LogP contribution in [0.25, 0.3) is 0 Å². The number of aliphatic carboxylic acids is 1. The summed E-state index contributed by atoms with van der Waals surface area (Å²) in [6.45, 7) is 2.35. The largest absolute Gasteiger partial charge is 0.481 e. The second kappa shape index (κ2) is 6.20. The van der Waals surface area contributed by atoms with E-state index in [0.29, 0.717) is 11.2 Å². The number of furan rings is 1. The van der Waals surface area contributed by atoms with Crippen molar-refractivity contribution in [1.29, 1.82) is 0 Å². The quantitative estimate of drug-likeness (QED) is 0.890. The van der Waals surface area contributed by atoms with Gasteiger partial charge in [0, 0.05) is 24.6 Å². The first-order chi connectivity index (χ1) is 11.0. The minimum Gasteiger partial charge on any atom is -0.481 e. The number of rotatable bonds is 3. The van der Waals surface area contributed by atoms with Crippen LogP contribution in [0.5, 0.6) is 0 Å². The molecule has 5 nitrogen and oxygen atoms in total. The summed E-state index contributed by atoms with van der Waals surface area (Å²) in [4.78, 5) is 25.8. The van der Waals surface area contributed by atoms with E-state index in [1.807, 2.05) is 30.3 Å². The number of likely N-dealkylation sites (tertiary alicyclic amines) is 1. The topological polar surface area (TPSA) is 70.8 Å². The lowest BCUT2D eigenvalue weighted by atomic mass is 9.89. The maximum atomic E-state index is 12.6. The van der Waals surface area contributed by atoms with E-state index in [0.717, 1.165) is 11.1 Å². The highest BCUT2D eigenvalue weighted by Gasteiger charge is 2.41. The highest BCUT2D eigenvalue weighted by atomic mass is 79.9. The van der Waals surface area contributed by atoms with Gasteiger partial charge in [-0.05, 0) is 34.5 Å². The fourth-order valence-corrected chi connectivity index (χ4v) is 3.56. The van der Waals surface area contributed by atoms with Gasteiger partial charge in [-0.2, -0.15) is 0 Å². The predicted molar refractivity (Wildman–Crippen MR) is 87.4 cm³/mol. The molecule has 0 aliphatic carbocycles. The Labute approximate surface area is 142 Å². The number of amides is 1. The summed E-state index contributed by atoms with van der Waals surface area (Å²) in [7, 11) is 0. The van der Waals surface area contributed by atoms with Gasteiger partial charge in [0.15, 0.2) is 10.4 Å². The van der Waals surface area contributed by atoms with E-state index in [4.69, 9.17) is 4.42 Å². The molecule has 0 saturated carbocycles. The van der Waals surface area contributed by atoms with Crippen LogP contribution in [-0.2, 0) is 4.79 Å². The Morgan fingerprint density at radius 2 is 1.96 bits per heavy atom. The first-order valence-corrected chi connectivity index (χ1v) is 8.09. The van der Waals surface area contributed by atoms with Crippen molar-refractivity contribution in [2.45, 2.75) is 12.8 Å². The molecule has 2 unspecified atom stereocenters. The molecule has 0 spiro atoms. The highest BCUT2D eigenvalue weighted by Crippen LogP contribution is 2.34. The molecule has 1 aliphatic rings. The zero-order valence-corrected chi connectivity index (χ0v) is 14.1. The SMILES string of the molecule is Cc1cc(Br)oc1C(=O)N1CC(C(=O)O)C(c2ccccc2)C1. The summed E-state index contributed by atoms with van der Waals surface area (Å²) in [5, 5.41) is 9.50. The van der Waals surface area contributed by atoms with Crippen LogP contribution in [0.15, 0.2) is 45.5 Å². The number of carbonyl (C=O) groups is 2. The Bertz CT molecular complexity index is 740. The lowest BCUT2D eigenvalue weighted by Gasteiger charge is -2.15. The van der Waals surface area contributed by atoms with Crippen molar-refractivity contribution in [3.8, 4) is 0 Å². The average molecular weight is 378 g/mol. The van der Waals surface area contributed by atoms with Crippen LogP contribution in [0.2, 0.25) is 0 Å². The van der Waals surface area contributed by atoms with E-state index in [-0.39, 0.29) is 24.1 Å². The van der Waals surface area contributed by atoms with Crippen molar-refractivity contribution in [3.63, 3.8) is 0 Å². The summed E-state index contributed by atoms with van der Waals surface area (Å²) in [5.74, 6) is -1.71. The number of benzene rings is 1. The Hall–Kier alpha value is -2.08. The molecule has 120 valence electrons. The Morgan fingerprint density at radius 1 is 1.26 bits per heavy atom. The van der Waals surface area contributed by atoms with Gasteiger partial charge in [-0.3, -0.25) is 9.59 Å². The van der Waals surface area contributed by atoms with Gasteiger partial charge in [0.05, 0.1) is 5.92 Å². The molecule has 1 amide bonds. The minimum atomic E-state index is -0.883. The Kier molecular flexibility index (Phi) is 4.26. The first kappa shape index (κ1) is 15.8. The molecule has 2 heterocycles. The van der Waals surface area contributed by atoms with Crippen LogP contribution >= 0.6 is 15.9 Å². The summed E-state index contributed by atoms with van der Waals surface area (Å²) < 4.78 is 5.90. The molecule has 2 atom stereocenters. The van der Waals surface area contributed by atoms with Crippen LogP contribution in [-0.4, -0.2) is 35.0 Å². The van der Waals surface area contributed by atoms with E-state index >= 15 is 0 Å². The number of carboxylic acids is 1. The number of carboxylic acid groups (broad SMARTS) is 1. The van der Waals surface area contributed by atoms with Crippen LogP contribution < -0.4 is 0 Å². The molecule has 2 aromatic rings. The molecular formula is C17H16BrNO4. The van der Waals surface area contributed by atoms with Gasteiger partial charge in [-0.25, -0.2) is 0 Å². The van der Waals surface area contributed by atoms with Gasteiger partial charge >= 0.3 is 5.97 Å². The van der Waals surface area contributed by atoms with Crippen molar-refractivity contribution in [2.24, 2.45) is 5.92 Å². The molecule has 0 bridgehead atoms. The number of hydrogen-bond donors (Lipinski definition) is 1. The first-order valence-electron chi connectivity index (χ1n) is 7.30. The standard InChI is InChI=1S/C17H16BrNO4/c1-10-7-14(18)23-15(10)16(20)19-8-12(13(9-19)17(21)22)11-5-3-2-4-6-11/h2-7,12-13H,8-9H2,1H3,(H,21,22). The smallest absolute Gasteiger partial charge is 0.308 e. The number of hydrogen-bond acceptors (Lipinski definition) is 3. The Balaban J connectivity index is 1.87. The summed E-state index contributed by atoms with van der Waals surface area (Å²) in [6.07, 6.45) is 0. The van der Waals surface area contributed by atoms with Gasteiger partial charge in [0.25, 0.3) is 5.91 Å². The maximum Gasteiger partial charge on any atom is 0.308 e. The van der Waals surface area contributed by atoms with Gasteiger partial charge in [0.2, 0.25) is 0 Å². The predicted octanol–water partition coefficient (Wildman–Crippen LogP) is 3.29. The van der Waals surface area contributed by atoms with Crippen LogP contribution in [0, 0.1) is 12.8 Å². The van der Waals surface area contributed by atoms with E-state index in [9.17, 15) is 14.7 Å². The highest BCUT2D eigenvalue weighted by molar-refractivity contribution is 9.10. The number of aryl methyl sites for hydroxylation is 1.